The molecule has 1 aliphatic carbocycles. The van der Waals surface area contributed by atoms with E-state index >= 15 is 0 Å². The quantitative estimate of drug-likeness (QED) is 0.680. The van der Waals surface area contributed by atoms with E-state index in [0.29, 0.717) is 18.4 Å². The monoisotopic (exact) mass is 393 g/mol. The Balaban J connectivity index is 1.39. The Morgan fingerprint density at radius 2 is 2.07 bits per heavy atom. The Morgan fingerprint density at radius 3 is 2.86 bits per heavy atom. The average Bonchev–Trinajstić information content (AvgIpc) is 3.50. The van der Waals surface area contributed by atoms with Crippen molar-refractivity contribution < 1.29 is 4.79 Å². The van der Waals surface area contributed by atoms with Gasteiger partial charge in [-0.25, -0.2) is 19.2 Å². The van der Waals surface area contributed by atoms with E-state index in [9.17, 15) is 4.79 Å². The normalized spacial score (nSPS) is 20.6. The Bertz CT molecular complexity index is 1000. The van der Waals surface area contributed by atoms with Crippen molar-refractivity contribution in [1.82, 2.24) is 34.3 Å². The summed E-state index contributed by atoms with van der Waals surface area (Å²) in [6, 6.07) is 2.05. The maximum Gasteiger partial charge on any atom is 0.225 e. The molecule has 29 heavy (non-hydrogen) atoms. The molecule has 1 atom stereocenters. The second kappa shape index (κ2) is 7.57. The number of hydrogen-bond donors (Lipinski definition) is 0. The number of likely N-dealkylation sites (tertiary alicyclic amines) is 1. The van der Waals surface area contributed by atoms with Crippen LogP contribution in [0.5, 0.6) is 0 Å². The molecule has 1 saturated carbocycles. The van der Waals surface area contributed by atoms with Gasteiger partial charge in [-0.2, -0.15) is 10.2 Å². The van der Waals surface area contributed by atoms with Crippen molar-refractivity contribution in [2.75, 3.05) is 13.1 Å². The molecule has 1 aliphatic heterocycles. The standard InChI is InChI=1S/C21H27N7O/c1-15-18(12-27-14-22-13-24-27)20-23-9-7-19(28(20)25-15)17-8-10-26(11-17)21(29)16-5-3-2-4-6-16/h7,9,13-14,16-17H,2-6,8,10-12H2,1H3. The number of rotatable bonds is 4. The number of fused-ring (bicyclic) bond motifs is 1. The molecule has 8 heteroatoms. The van der Waals surface area contributed by atoms with Gasteiger partial charge in [0.05, 0.1) is 17.9 Å². The Hall–Kier alpha value is -2.77. The van der Waals surface area contributed by atoms with E-state index in [4.69, 9.17) is 5.10 Å². The van der Waals surface area contributed by atoms with Gasteiger partial charge in [-0.1, -0.05) is 19.3 Å². The Kier molecular flexibility index (Phi) is 4.77. The van der Waals surface area contributed by atoms with Gasteiger partial charge in [-0.15, -0.1) is 0 Å². The molecule has 3 aromatic heterocycles. The summed E-state index contributed by atoms with van der Waals surface area (Å²) in [6.07, 6.45) is 11.9. The average molecular weight is 393 g/mol. The number of aromatic nitrogens is 6. The number of nitrogens with zero attached hydrogens (tertiary/aromatic N) is 7. The SMILES string of the molecule is Cc1nn2c(C3CCN(C(=O)C4CCCCC4)C3)ccnc2c1Cn1cncn1. The topological polar surface area (TPSA) is 81.2 Å². The van der Waals surface area contributed by atoms with E-state index in [1.807, 2.05) is 17.6 Å². The predicted octanol–water partition coefficient (Wildman–Crippen LogP) is 2.57. The Labute approximate surface area is 169 Å². The molecule has 0 aromatic carbocycles. The maximum absolute atomic E-state index is 13.0. The van der Waals surface area contributed by atoms with Gasteiger partial charge in [0, 0.05) is 36.7 Å². The van der Waals surface area contributed by atoms with E-state index in [2.05, 4.69) is 26.0 Å². The molecule has 2 fully saturated rings. The zero-order valence-electron chi connectivity index (χ0n) is 16.9. The van der Waals surface area contributed by atoms with Gasteiger partial charge >= 0.3 is 0 Å². The van der Waals surface area contributed by atoms with Gasteiger partial charge in [-0.3, -0.25) is 4.79 Å². The summed E-state index contributed by atoms with van der Waals surface area (Å²) < 4.78 is 3.76. The van der Waals surface area contributed by atoms with E-state index in [1.54, 1.807) is 11.0 Å². The minimum Gasteiger partial charge on any atom is -0.342 e. The first-order valence-electron chi connectivity index (χ1n) is 10.6. The molecule has 0 spiro atoms. The summed E-state index contributed by atoms with van der Waals surface area (Å²) >= 11 is 0. The summed E-state index contributed by atoms with van der Waals surface area (Å²) in [6.45, 7) is 4.24. The van der Waals surface area contributed by atoms with Crippen molar-refractivity contribution in [2.45, 2.75) is 57.9 Å². The smallest absolute Gasteiger partial charge is 0.225 e. The second-order valence-corrected chi connectivity index (χ2v) is 8.37. The molecule has 4 heterocycles. The Morgan fingerprint density at radius 1 is 1.21 bits per heavy atom. The summed E-state index contributed by atoms with van der Waals surface area (Å²) in [5, 5.41) is 9.00. The van der Waals surface area contributed by atoms with Crippen LogP contribution in [-0.4, -0.2) is 53.3 Å². The molecule has 1 saturated heterocycles. The highest BCUT2D eigenvalue weighted by Gasteiger charge is 2.33. The first kappa shape index (κ1) is 18.3. The van der Waals surface area contributed by atoms with Crippen LogP contribution in [0.3, 0.4) is 0 Å². The fourth-order valence-corrected chi connectivity index (χ4v) is 4.89. The highest BCUT2D eigenvalue weighted by atomic mass is 16.2. The minimum absolute atomic E-state index is 0.237. The molecular formula is C21H27N7O. The first-order chi connectivity index (χ1) is 14.2. The van der Waals surface area contributed by atoms with Crippen molar-refractivity contribution in [1.29, 1.82) is 0 Å². The summed E-state index contributed by atoms with van der Waals surface area (Å²) in [7, 11) is 0. The van der Waals surface area contributed by atoms with Crippen molar-refractivity contribution in [3.63, 3.8) is 0 Å². The minimum atomic E-state index is 0.237. The highest BCUT2D eigenvalue weighted by Crippen LogP contribution is 2.32. The van der Waals surface area contributed by atoms with Gasteiger partial charge in [0.15, 0.2) is 5.65 Å². The number of hydrogen-bond acceptors (Lipinski definition) is 5. The van der Waals surface area contributed by atoms with Crippen LogP contribution in [0.4, 0.5) is 0 Å². The lowest BCUT2D eigenvalue weighted by Crippen LogP contribution is -2.35. The van der Waals surface area contributed by atoms with Crippen molar-refractivity contribution in [3.05, 3.63) is 41.9 Å². The predicted molar refractivity (Wildman–Crippen MR) is 107 cm³/mol. The lowest BCUT2D eigenvalue weighted by Gasteiger charge is -2.26. The van der Waals surface area contributed by atoms with Crippen LogP contribution >= 0.6 is 0 Å². The summed E-state index contributed by atoms with van der Waals surface area (Å²) in [5.41, 5.74) is 4.02. The first-order valence-corrected chi connectivity index (χ1v) is 10.6. The molecule has 0 bridgehead atoms. The molecule has 152 valence electrons. The van der Waals surface area contributed by atoms with Crippen LogP contribution < -0.4 is 0 Å². The van der Waals surface area contributed by atoms with Crippen molar-refractivity contribution in [2.24, 2.45) is 5.92 Å². The number of aryl methyl sites for hydroxylation is 1. The summed E-state index contributed by atoms with van der Waals surface area (Å²) in [4.78, 5) is 23.7. The molecular weight excluding hydrogens is 366 g/mol. The molecule has 1 unspecified atom stereocenters. The van der Waals surface area contributed by atoms with E-state index < -0.39 is 0 Å². The molecule has 5 rings (SSSR count). The maximum atomic E-state index is 13.0. The van der Waals surface area contributed by atoms with Gasteiger partial charge in [0.2, 0.25) is 5.91 Å². The van der Waals surface area contributed by atoms with Crippen LogP contribution in [0.1, 0.15) is 61.4 Å². The van der Waals surface area contributed by atoms with Crippen LogP contribution in [-0.2, 0) is 11.3 Å². The van der Waals surface area contributed by atoms with Gasteiger partial charge in [-0.05, 0) is 32.3 Å². The molecule has 2 aliphatic rings. The van der Waals surface area contributed by atoms with Crippen LogP contribution in [0, 0.1) is 12.8 Å². The van der Waals surface area contributed by atoms with Gasteiger partial charge < -0.3 is 4.90 Å². The van der Waals surface area contributed by atoms with Crippen LogP contribution in [0.15, 0.2) is 24.9 Å². The van der Waals surface area contributed by atoms with Crippen LogP contribution in [0.2, 0.25) is 0 Å². The molecule has 1 amide bonds. The molecule has 8 nitrogen and oxygen atoms in total. The third-order valence-electron chi connectivity index (χ3n) is 6.50. The zero-order valence-corrected chi connectivity index (χ0v) is 16.9. The van der Waals surface area contributed by atoms with Gasteiger partial charge in [0.25, 0.3) is 0 Å². The summed E-state index contributed by atoms with van der Waals surface area (Å²) in [5.74, 6) is 0.897. The van der Waals surface area contributed by atoms with E-state index in [-0.39, 0.29) is 5.92 Å². The molecule has 0 N–H and O–H groups in total. The lowest BCUT2D eigenvalue weighted by atomic mass is 9.88. The number of carbonyl (C=O) groups excluding carboxylic acids is 1. The third-order valence-corrected chi connectivity index (χ3v) is 6.50. The third kappa shape index (κ3) is 3.41. The van der Waals surface area contributed by atoms with Crippen molar-refractivity contribution >= 4 is 11.6 Å². The highest BCUT2D eigenvalue weighted by molar-refractivity contribution is 5.79. The molecule has 3 aromatic rings. The van der Waals surface area contributed by atoms with Gasteiger partial charge in [0.1, 0.15) is 12.7 Å². The lowest BCUT2D eigenvalue weighted by molar-refractivity contribution is -0.135. The fourth-order valence-electron chi connectivity index (χ4n) is 4.89. The van der Waals surface area contributed by atoms with E-state index in [1.165, 1.54) is 25.6 Å². The number of amides is 1. The molecule has 0 radical (unpaired) electrons. The van der Waals surface area contributed by atoms with E-state index in [0.717, 1.165) is 55.0 Å². The second-order valence-electron chi connectivity index (χ2n) is 8.37. The van der Waals surface area contributed by atoms with Crippen molar-refractivity contribution in [3.8, 4) is 0 Å². The number of carbonyl (C=O) groups is 1. The van der Waals surface area contributed by atoms with Crippen LogP contribution in [0.25, 0.3) is 5.65 Å². The zero-order chi connectivity index (χ0) is 19.8. The largest absolute Gasteiger partial charge is 0.342 e. The fraction of sp³-hybridized carbons (Fsp3) is 0.571.